The van der Waals surface area contributed by atoms with Crippen LogP contribution in [-0.2, 0) is 14.6 Å². The third-order valence-electron chi connectivity index (χ3n) is 0.287. The quantitative estimate of drug-likeness (QED) is 0.171. The van der Waals surface area contributed by atoms with Gasteiger partial charge in [0.2, 0.25) is 10.4 Å². The van der Waals surface area contributed by atoms with Crippen molar-refractivity contribution in [1.29, 1.82) is 0 Å². The van der Waals surface area contributed by atoms with Crippen molar-refractivity contribution in [1.82, 2.24) is 0 Å². The van der Waals surface area contributed by atoms with Gasteiger partial charge >= 0.3 is 18.9 Å². The molecule has 4 nitrogen and oxygen atoms in total. The summed E-state index contributed by atoms with van der Waals surface area (Å²) in [7, 11) is -4.58. The van der Waals surface area contributed by atoms with Gasteiger partial charge in [-0.2, -0.15) is 0 Å². The van der Waals surface area contributed by atoms with Gasteiger partial charge in [0.25, 0.3) is 0 Å². The molecule has 0 bridgehead atoms. The van der Waals surface area contributed by atoms with Crippen LogP contribution in [0, 0.1) is 12.3 Å². The maximum atomic E-state index is 9.52. The van der Waals surface area contributed by atoms with Gasteiger partial charge in [-0.05, 0) is 0 Å². The van der Waals surface area contributed by atoms with E-state index in [-0.39, 0.29) is 18.9 Å². The first-order valence-corrected chi connectivity index (χ1v) is 2.93. The smallest absolute Gasteiger partial charge is 0.725 e. The molecule has 0 fully saturated rings. The molecule has 0 unspecified atom stereocenters. The Labute approximate surface area is 65.7 Å². The van der Waals surface area contributed by atoms with Crippen molar-refractivity contribution in [2.45, 2.75) is 0 Å². The van der Waals surface area contributed by atoms with Crippen molar-refractivity contribution in [3.05, 3.63) is 0 Å². The van der Waals surface area contributed by atoms with Gasteiger partial charge in [0, 0.05) is 0 Å². The van der Waals surface area contributed by atoms with Crippen molar-refractivity contribution in [2.75, 3.05) is 6.61 Å². The first-order chi connectivity index (χ1) is 3.56. The van der Waals surface area contributed by atoms with E-state index in [9.17, 15) is 13.0 Å². The van der Waals surface area contributed by atoms with E-state index in [1.807, 2.05) is 5.92 Å². The summed E-state index contributed by atoms with van der Waals surface area (Å²) in [6.45, 7) is -0.494. The molecule has 0 aromatic rings. The van der Waals surface area contributed by atoms with Crippen LogP contribution in [0.15, 0.2) is 0 Å². The molecule has 0 heterocycles. The molecule has 0 saturated carbocycles. The van der Waals surface area contributed by atoms with Crippen LogP contribution < -0.4 is 18.9 Å². The largest absolute Gasteiger partial charge is 1.00 e. The fraction of sp³-hybridized carbons (Fsp3) is 0.333. The molecule has 0 aromatic carbocycles. The minimum absolute atomic E-state index is 0. The summed E-state index contributed by atoms with van der Waals surface area (Å²) in [5.74, 6) is 1.82. The Morgan fingerprint density at radius 2 is 2.11 bits per heavy atom. The summed E-state index contributed by atoms with van der Waals surface area (Å²) in [6.07, 6.45) is 4.56. The second-order valence-corrected chi connectivity index (χ2v) is 1.93. The Bertz CT molecular complexity index is 188. The number of rotatable bonds is 2. The van der Waals surface area contributed by atoms with Gasteiger partial charge in [-0.15, -0.1) is 6.42 Å². The minimum atomic E-state index is -4.58. The van der Waals surface area contributed by atoms with Crippen molar-refractivity contribution in [2.24, 2.45) is 0 Å². The second-order valence-electron chi connectivity index (χ2n) is 0.875. The molecule has 0 atom stereocenters. The first-order valence-electron chi connectivity index (χ1n) is 1.60. The van der Waals surface area contributed by atoms with Crippen LogP contribution in [0.5, 0.6) is 0 Å². The zero-order chi connectivity index (χ0) is 6.62. The SMILES string of the molecule is C#CCOS(=O)(=O)[O-].[Li+]. The molecular weight excluding hydrogens is 139 g/mol. The predicted octanol–water partition coefficient (Wildman–Crippen LogP) is -3.90. The first kappa shape index (κ1) is 11.8. The van der Waals surface area contributed by atoms with E-state index in [1.54, 1.807) is 0 Å². The van der Waals surface area contributed by atoms with E-state index in [1.165, 1.54) is 0 Å². The predicted molar refractivity (Wildman–Crippen MR) is 24.5 cm³/mol. The van der Waals surface area contributed by atoms with Gasteiger partial charge in [-0.25, -0.2) is 8.42 Å². The molecular formula is C3H3LiO4S. The average molecular weight is 142 g/mol. The Hall–Kier alpha value is 0.0274. The van der Waals surface area contributed by atoms with E-state index < -0.39 is 17.0 Å². The molecule has 0 aliphatic rings. The zero-order valence-corrected chi connectivity index (χ0v) is 5.64. The zero-order valence-electron chi connectivity index (χ0n) is 4.83. The van der Waals surface area contributed by atoms with Crippen LogP contribution in [0.1, 0.15) is 0 Å². The summed E-state index contributed by atoms with van der Waals surface area (Å²) in [6, 6.07) is 0. The molecule has 0 amide bonds. The summed E-state index contributed by atoms with van der Waals surface area (Å²) in [5, 5.41) is 0. The van der Waals surface area contributed by atoms with Gasteiger partial charge < -0.3 is 4.55 Å². The van der Waals surface area contributed by atoms with Crippen molar-refractivity contribution >= 4 is 10.4 Å². The molecule has 46 valence electrons. The summed E-state index contributed by atoms with van der Waals surface area (Å²) in [4.78, 5) is 0. The molecule has 0 N–H and O–H groups in total. The fourth-order valence-electron chi connectivity index (χ4n) is 0.106. The number of terminal acetylenes is 1. The summed E-state index contributed by atoms with van der Waals surface area (Å²) in [5.41, 5.74) is 0. The number of hydrogen-bond donors (Lipinski definition) is 0. The van der Waals surface area contributed by atoms with Crippen LogP contribution in [0.2, 0.25) is 0 Å². The molecule has 0 rings (SSSR count). The van der Waals surface area contributed by atoms with Crippen LogP contribution in [0.4, 0.5) is 0 Å². The van der Waals surface area contributed by atoms with Crippen LogP contribution in [-0.4, -0.2) is 19.6 Å². The van der Waals surface area contributed by atoms with Gasteiger partial charge in [0.05, 0.1) is 0 Å². The molecule has 0 aliphatic carbocycles. The Morgan fingerprint density at radius 3 is 2.22 bits per heavy atom. The maximum Gasteiger partial charge on any atom is 1.00 e. The standard InChI is InChI=1S/C3H4O4S.Li/c1-2-3-7-8(4,5)6;/h1H,3H2,(H,4,5,6);/q;+1/p-1. The molecule has 0 aliphatic heterocycles. The average Bonchev–Trinajstić information content (AvgIpc) is 1.59. The molecule has 0 radical (unpaired) electrons. The molecule has 6 heteroatoms. The van der Waals surface area contributed by atoms with Gasteiger partial charge in [-0.1, -0.05) is 5.92 Å². The molecule has 0 saturated heterocycles. The Morgan fingerprint density at radius 1 is 1.67 bits per heavy atom. The molecule has 9 heavy (non-hydrogen) atoms. The molecule has 0 aromatic heterocycles. The van der Waals surface area contributed by atoms with Crippen LogP contribution in [0.3, 0.4) is 0 Å². The maximum absolute atomic E-state index is 9.52. The third-order valence-corrected chi connectivity index (χ3v) is 0.693. The van der Waals surface area contributed by atoms with Crippen molar-refractivity contribution in [3.63, 3.8) is 0 Å². The van der Waals surface area contributed by atoms with Gasteiger partial charge in [-0.3, -0.25) is 4.18 Å². The fourth-order valence-corrected chi connectivity index (χ4v) is 0.319. The number of hydrogen-bond acceptors (Lipinski definition) is 4. The van der Waals surface area contributed by atoms with Gasteiger partial charge in [0.1, 0.15) is 6.61 Å². The molecule has 0 spiro atoms. The van der Waals surface area contributed by atoms with E-state index in [2.05, 4.69) is 10.6 Å². The normalized spacial score (nSPS) is 9.33. The topological polar surface area (TPSA) is 66.4 Å². The summed E-state index contributed by atoms with van der Waals surface area (Å²) < 4.78 is 32.1. The van der Waals surface area contributed by atoms with E-state index in [4.69, 9.17) is 0 Å². The van der Waals surface area contributed by atoms with E-state index in [0.717, 1.165) is 0 Å². The monoisotopic (exact) mass is 142 g/mol. The van der Waals surface area contributed by atoms with Crippen molar-refractivity contribution in [3.8, 4) is 12.3 Å². The van der Waals surface area contributed by atoms with Gasteiger partial charge in [0.15, 0.2) is 0 Å². The minimum Gasteiger partial charge on any atom is -0.725 e. The Balaban J connectivity index is 0. The van der Waals surface area contributed by atoms with E-state index >= 15 is 0 Å². The Kier molecular flexibility index (Phi) is 6.37. The third kappa shape index (κ3) is 11.5. The van der Waals surface area contributed by atoms with Crippen LogP contribution >= 0.6 is 0 Å². The van der Waals surface area contributed by atoms with Crippen LogP contribution in [0.25, 0.3) is 0 Å². The summed E-state index contributed by atoms with van der Waals surface area (Å²) >= 11 is 0. The van der Waals surface area contributed by atoms with Crippen molar-refractivity contribution < 1.29 is 36.0 Å². The second kappa shape index (κ2) is 4.86. The van der Waals surface area contributed by atoms with E-state index in [0.29, 0.717) is 0 Å².